The molecular weight excluding hydrogens is 180 g/mol. The number of hydrogen-bond acceptors (Lipinski definition) is 3. The van der Waals surface area contributed by atoms with E-state index in [4.69, 9.17) is 4.74 Å². The van der Waals surface area contributed by atoms with Gasteiger partial charge in [0.1, 0.15) is 5.66 Å². The van der Waals surface area contributed by atoms with Crippen LogP contribution in [0, 0.1) is 0 Å². The average Bonchev–Trinajstić information content (AvgIpc) is 2.54. The van der Waals surface area contributed by atoms with Crippen LogP contribution in [0.4, 0.5) is 0 Å². The van der Waals surface area contributed by atoms with Gasteiger partial charge in [-0.3, -0.25) is 9.69 Å². The van der Waals surface area contributed by atoms with Crippen LogP contribution in [0.2, 0.25) is 0 Å². The van der Waals surface area contributed by atoms with Crippen molar-refractivity contribution in [3.05, 3.63) is 12.7 Å². The van der Waals surface area contributed by atoms with E-state index in [1.54, 1.807) is 0 Å². The molecule has 1 spiro atoms. The Labute approximate surface area is 84.1 Å². The van der Waals surface area contributed by atoms with E-state index in [0.717, 1.165) is 19.6 Å². The summed E-state index contributed by atoms with van der Waals surface area (Å²) >= 11 is 0. The number of amides is 1. The molecule has 0 aromatic carbocycles. The zero-order valence-electron chi connectivity index (χ0n) is 8.53. The van der Waals surface area contributed by atoms with Gasteiger partial charge < -0.3 is 9.64 Å². The topological polar surface area (TPSA) is 32.8 Å². The zero-order valence-corrected chi connectivity index (χ0v) is 8.53. The van der Waals surface area contributed by atoms with Crippen molar-refractivity contribution in [3.8, 4) is 0 Å². The van der Waals surface area contributed by atoms with Crippen LogP contribution in [0.1, 0.15) is 6.92 Å². The molecular formula is C10H16N2O2. The molecule has 1 amide bonds. The highest BCUT2D eigenvalue weighted by molar-refractivity contribution is 5.88. The van der Waals surface area contributed by atoms with Crippen LogP contribution in [0.25, 0.3) is 0 Å². The normalized spacial score (nSPS) is 25.1. The molecule has 2 rings (SSSR count). The monoisotopic (exact) mass is 196 g/mol. The number of likely N-dealkylation sites (N-methyl/N-ethyl adjacent to an activating group) is 1. The van der Waals surface area contributed by atoms with Crippen LogP contribution in [0.15, 0.2) is 12.7 Å². The molecule has 2 fully saturated rings. The van der Waals surface area contributed by atoms with Crippen LogP contribution in [-0.2, 0) is 9.53 Å². The van der Waals surface area contributed by atoms with Crippen molar-refractivity contribution < 1.29 is 9.53 Å². The zero-order chi connectivity index (χ0) is 10.2. The van der Waals surface area contributed by atoms with Gasteiger partial charge in [-0.15, -0.1) is 0 Å². The van der Waals surface area contributed by atoms with Gasteiger partial charge in [-0.1, -0.05) is 13.5 Å². The van der Waals surface area contributed by atoms with E-state index in [-0.39, 0.29) is 11.6 Å². The molecule has 0 saturated carbocycles. The third kappa shape index (κ3) is 1.11. The SMILES string of the molecule is C=CC(=O)N1CCN(CC)C12COC2. The molecule has 0 aliphatic carbocycles. The second-order valence-corrected chi connectivity index (χ2v) is 3.75. The molecule has 2 saturated heterocycles. The van der Waals surface area contributed by atoms with E-state index in [1.165, 1.54) is 6.08 Å². The van der Waals surface area contributed by atoms with E-state index >= 15 is 0 Å². The van der Waals surface area contributed by atoms with E-state index in [0.29, 0.717) is 13.2 Å². The van der Waals surface area contributed by atoms with Crippen LogP contribution < -0.4 is 0 Å². The first-order chi connectivity index (χ1) is 6.74. The Balaban J connectivity index is 2.19. The molecule has 2 aliphatic rings. The lowest BCUT2D eigenvalue weighted by Gasteiger charge is -2.49. The van der Waals surface area contributed by atoms with Crippen molar-refractivity contribution >= 4 is 5.91 Å². The van der Waals surface area contributed by atoms with Crippen LogP contribution in [0.5, 0.6) is 0 Å². The Kier molecular flexibility index (Phi) is 2.33. The summed E-state index contributed by atoms with van der Waals surface area (Å²) in [6.07, 6.45) is 1.39. The van der Waals surface area contributed by atoms with Crippen molar-refractivity contribution in [2.75, 3.05) is 32.8 Å². The quantitative estimate of drug-likeness (QED) is 0.586. The first-order valence-electron chi connectivity index (χ1n) is 5.01. The van der Waals surface area contributed by atoms with E-state index < -0.39 is 0 Å². The Morgan fingerprint density at radius 3 is 2.71 bits per heavy atom. The van der Waals surface area contributed by atoms with Crippen LogP contribution in [-0.4, -0.2) is 54.2 Å². The summed E-state index contributed by atoms with van der Waals surface area (Å²) < 4.78 is 5.25. The van der Waals surface area contributed by atoms with Crippen molar-refractivity contribution in [1.29, 1.82) is 0 Å². The van der Waals surface area contributed by atoms with E-state index in [9.17, 15) is 4.79 Å². The minimum absolute atomic E-state index is 0.0178. The first-order valence-corrected chi connectivity index (χ1v) is 5.01. The summed E-state index contributed by atoms with van der Waals surface area (Å²) in [6, 6.07) is 0. The third-order valence-corrected chi connectivity index (χ3v) is 3.17. The third-order valence-electron chi connectivity index (χ3n) is 3.17. The largest absolute Gasteiger partial charge is 0.374 e. The number of ether oxygens (including phenoxy) is 1. The standard InChI is InChI=1S/C10H16N2O2/c1-3-9(13)12-6-5-11(4-2)10(12)7-14-8-10/h3H,1,4-8H2,2H3. The highest BCUT2D eigenvalue weighted by atomic mass is 16.5. The van der Waals surface area contributed by atoms with Crippen LogP contribution in [0.3, 0.4) is 0 Å². The predicted molar refractivity (Wildman–Crippen MR) is 52.7 cm³/mol. The minimum atomic E-state index is -0.153. The van der Waals surface area contributed by atoms with Crippen molar-refractivity contribution in [2.45, 2.75) is 12.6 Å². The van der Waals surface area contributed by atoms with Gasteiger partial charge in [0, 0.05) is 13.1 Å². The molecule has 0 unspecified atom stereocenters. The molecule has 0 atom stereocenters. The number of carbonyl (C=O) groups is 1. The van der Waals surface area contributed by atoms with Gasteiger partial charge in [-0.25, -0.2) is 0 Å². The fourth-order valence-corrected chi connectivity index (χ4v) is 2.31. The number of nitrogens with zero attached hydrogens (tertiary/aromatic N) is 2. The van der Waals surface area contributed by atoms with Crippen molar-refractivity contribution in [3.63, 3.8) is 0 Å². The molecule has 14 heavy (non-hydrogen) atoms. The number of carbonyl (C=O) groups excluding carboxylic acids is 1. The van der Waals surface area contributed by atoms with Gasteiger partial charge in [0.15, 0.2) is 0 Å². The fraction of sp³-hybridized carbons (Fsp3) is 0.700. The molecule has 2 heterocycles. The molecule has 4 heteroatoms. The number of rotatable bonds is 2. The molecule has 0 N–H and O–H groups in total. The van der Waals surface area contributed by atoms with Crippen LogP contribution >= 0.6 is 0 Å². The van der Waals surface area contributed by atoms with Gasteiger partial charge in [0.25, 0.3) is 0 Å². The smallest absolute Gasteiger partial charge is 0.247 e. The molecule has 0 aromatic heterocycles. The lowest BCUT2D eigenvalue weighted by Crippen LogP contribution is -2.67. The van der Waals surface area contributed by atoms with Gasteiger partial charge >= 0.3 is 0 Å². The maximum absolute atomic E-state index is 11.6. The highest BCUT2D eigenvalue weighted by Gasteiger charge is 2.53. The maximum Gasteiger partial charge on any atom is 0.247 e. The summed E-state index contributed by atoms with van der Waals surface area (Å²) in [5.74, 6) is 0.0178. The second kappa shape index (κ2) is 3.37. The summed E-state index contributed by atoms with van der Waals surface area (Å²) in [5, 5.41) is 0. The molecule has 0 radical (unpaired) electrons. The highest BCUT2D eigenvalue weighted by Crippen LogP contribution is 2.33. The molecule has 4 nitrogen and oxygen atoms in total. The Hall–Kier alpha value is -0.870. The molecule has 0 aromatic rings. The maximum atomic E-state index is 11.6. The first kappa shape index (κ1) is 9.68. The van der Waals surface area contributed by atoms with Crippen molar-refractivity contribution in [2.24, 2.45) is 0 Å². The minimum Gasteiger partial charge on any atom is -0.374 e. The Morgan fingerprint density at radius 1 is 1.57 bits per heavy atom. The van der Waals surface area contributed by atoms with Gasteiger partial charge in [0.05, 0.1) is 13.2 Å². The lowest BCUT2D eigenvalue weighted by atomic mass is 10.1. The van der Waals surface area contributed by atoms with Gasteiger partial charge in [-0.2, -0.15) is 0 Å². The number of hydrogen-bond donors (Lipinski definition) is 0. The molecule has 0 bridgehead atoms. The Bertz CT molecular complexity index is 261. The fourth-order valence-electron chi connectivity index (χ4n) is 2.31. The van der Waals surface area contributed by atoms with Crippen molar-refractivity contribution in [1.82, 2.24) is 9.80 Å². The summed E-state index contributed by atoms with van der Waals surface area (Å²) in [4.78, 5) is 15.8. The average molecular weight is 196 g/mol. The molecule has 78 valence electrons. The lowest BCUT2D eigenvalue weighted by molar-refractivity contribution is -0.189. The summed E-state index contributed by atoms with van der Waals surface area (Å²) in [7, 11) is 0. The predicted octanol–water partition coefficient (Wildman–Crippen LogP) is 0.0630. The summed E-state index contributed by atoms with van der Waals surface area (Å²) in [6.45, 7) is 9.62. The molecule has 2 aliphatic heterocycles. The second-order valence-electron chi connectivity index (χ2n) is 3.75. The summed E-state index contributed by atoms with van der Waals surface area (Å²) in [5.41, 5.74) is -0.153. The van der Waals surface area contributed by atoms with E-state index in [2.05, 4.69) is 18.4 Å². The van der Waals surface area contributed by atoms with Gasteiger partial charge in [0.2, 0.25) is 5.91 Å². The van der Waals surface area contributed by atoms with E-state index in [1.807, 2.05) is 4.90 Å². The Morgan fingerprint density at radius 2 is 2.29 bits per heavy atom. The van der Waals surface area contributed by atoms with Gasteiger partial charge in [-0.05, 0) is 12.6 Å².